The number of ether oxygens (including phenoxy) is 2. The molecule has 1 aliphatic heterocycles. The van der Waals surface area contributed by atoms with Crippen molar-refractivity contribution in [3.8, 4) is 11.8 Å². The van der Waals surface area contributed by atoms with Gasteiger partial charge in [-0.15, -0.1) is 0 Å². The summed E-state index contributed by atoms with van der Waals surface area (Å²) >= 11 is 0. The van der Waals surface area contributed by atoms with E-state index in [1.807, 2.05) is 0 Å². The maximum atomic E-state index is 12.4. The molecule has 2 rings (SSSR count). The summed E-state index contributed by atoms with van der Waals surface area (Å²) in [5, 5.41) is 9.06. The number of hydrogen-bond donors (Lipinski definition) is 0. The molecule has 20 heavy (non-hydrogen) atoms. The minimum atomic E-state index is -0.884. The largest absolute Gasteiger partial charge is 0.490 e. The predicted molar refractivity (Wildman–Crippen MR) is 71.0 cm³/mol. The van der Waals surface area contributed by atoms with Crippen molar-refractivity contribution < 1.29 is 14.3 Å². The quantitative estimate of drug-likeness (QED) is 0.808. The Morgan fingerprint density at radius 2 is 2.30 bits per heavy atom. The van der Waals surface area contributed by atoms with E-state index in [-0.39, 0.29) is 5.91 Å². The monoisotopic (exact) mass is 275 g/mol. The first kappa shape index (κ1) is 14.3. The third-order valence-corrected chi connectivity index (χ3v) is 3.37. The van der Waals surface area contributed by atoms with Gasteiger partial charge in [-0.1, -0.05) is 0 Å². The van der Waals surface area contributed by atoms with E-state index >= 15 is 0 Å². The number of carbonyl (C=O) groups excluding carboxylic acids is 1. The molecule has 0 atom stereocenters. The molecule has 0 aromatic carbocycles. The van der Waals surface area contributed by atoms with Gasteiger partial charge in [0.15, 0.2) is 0 Å². The summed E-state index contributed by atoms with van der Waals surface area (Å²) in [5.74, 6) is 0.409. The summed E-state index contributed by atoms with van der Waals surface area (Å²) in [6.45, 7) is 4.61. The van der Waals surface area contributed by atoms with Gasteiger partial charge in [0.1, 0.15) is 29.6 Å². The topological polar surface area (TPSA) is 75.4 Å². The average molecular weight is 275 g/mol. The van der Waals surface area contributed by atoms with E-state index in [0.29, 0.717) is 31.0 Å². The molecule has 0 radical (unpaired) electrons. The highest BCUT2D eigenvalue weighted by atomic mass is 16.5. The first-order valence-electron chi connectivity index (χ1n) is 6.34. The van der Waals surface area contributed by atoms with Gasteiger partial charge in [-0.3, -0.25) is 9.78 Å². The zero-order valence-corrected chi connectivity index (χ0v) is 11.8. The number of aromatic nitrogens is 1. The molecule has 0 aliphatic carbocycles. The van der Waals surface area contributed by atoms with E-state index in [1.165, 1.54) is 13.3 Å². The van der Waals surface area contributed by atoms with Gasteiger partial charge in [-0.2, -0.15) is 5.26 Å². The number of methoxy groups -OCH3 is 1. The second kappa shape index (κ2) is 5.47. The minimum Gasteiger partial charge on any atom is -0.490 e. The molecule has 1 amide bonds. The number of fused-ring (bicyclic) bond motifs is 1. The normalized spacial score (nSPS) is 14.8. The fraction of sp³-hybridized carbons (Fsp3) is 0.500. The summed E-state index contributed by atoms with van der Waals surface area (Å²) in [6, 6.07) is 2.05. The molecule has 0 N–H and O–H groups in total. The Bertz CT molecular complexity index is 563. The van der Waals surface area contributed by atoms with Gasteiger partial charge < -0.3 is 14.4 Å². The number of amides is 1. The molecule has 0 fully saturated rings. The van der Waals surface area contributed by atoms with Crippen molar-refractivity contribution >= 4 is 5.91 Å². The minimum absolute atomic E-state index is 0.112. The number of nitriles is 1. The molecular weight excluding hydrogens is 258 g/mol. The van der Waals surface area contributed by atoms with Crippen molar-refractivity contribution in [3.63, 3.8) is 0 Å². The molecule has 6 heteroatoms. The van der Waals surface area contributed by atoms with Gasteiger partial charge >= 0.3 is 0 Å². The third-order valence-electron chi connectivity index (χ3n) is 3.37. The molecule has 0 saturated carbocycles. The first-order valence-corrected chi connectivity index (χ1v) is 6.34. The van der Waals surface area contributed by atoms with Crippen molar-refractivity contribution in [2.75, 3.05) is 20.3 Å². The van der Waals surface area contributed by atoms with Crippen LogP contribution in [0, 0.1) is 11.3 Å². The fourth-order valence-electron chi connectivity index (χ4n) is 2.04. The van der Waals surface area contributed by atoms with E-state index < -0.39 is 5.60 Å². The van der Waals surface area contributed by atoms with Crippen LogP contribution < -0.4 is 4.74 Å². The number of carbonyl (C=O) groups is 1. The lowest BCUT2D eigenvalue weighted by molar-refractivity contribution is -0.151. The summed E-state index contributed by atoms with van der Waals surface area (Å²) in [4.78, 5) is 18.1. The Morgan fingerprint density at radius 1 is 1.55 bits per heavy atom. The highest BCUT2D eigenvalue weighted by Gasteiger charge is 2.33. The Morgan fingerprint density at radius 3 is 2.95 bits per heavy atom. The maximum absolute atomic E-state index is 12.4. The van der Waals surface area contributed by atoms with Crippen LogP contribution in [0.25, 0.3) is 0 Å². The van der Waals surface area contributed by atoms with Gasteiger partial charge in [0.2, 0.25) is 0 Å². The average Bonchev–Trinajstić information content (AvgIpc) is 2.68. The predicted octanol–water partition coefficient (Wildman–Crippen LogP) is 1.10. The first-order chi connectivity index (χ1) is 9.49. The van der Waals surface area contributed by atoms with Gasteiger partial charge in [0, 0.05) is 25.1 Å². The summed E-state index contributed by atoms with van der Waals surface area (Å²) in [7, 11) is 1.51. The van der Waals surface area contributed by atoms with Crippen molar-refractivity contribution in [2.24, 2.45) is 0 Å². The molecular formula is C14H17N3O3. The molecule has 0 unspecified atom stereocenters. The summed E-state index contributed by atoms with van der Waals surface area (Å²) in [5.41, 5.74) is 0.245. The molecule has 106 valence electrons. The van der Waals surface area contributed by atoms with Gasteiger partial charge in [0.05, 0.1) is 13.1 Å². The lowest BCUT2D eigenvalue weighted by atomic mass is 10.1. The molecule has 1 aromatic rings. The zero-order chi connectivity index (χ0) is 14.8. The van der Waals surface area contributed by atoms with Crippen molar-refractivity contribution in [1.82, 2.24) is 9.88 Å². The molecule has 1 aromatic heterocycles. The standard InChI is InChI=1S/C14H17N3O3/c1-14(2,19-3)13(18)17-4-5-20-12-10(6-15)7-16-8-11(12)9-17/h7-8H,4-5,9H2,1-3H3. The van der Waals surface area contributed by atoms with Crippen LogP contribution in [-0.4, -0.2) is 41.7 Å². The molecule has 0 spiro atoms. The molecule has 0 bridgehead atoms. The molecule has 0 saturated heterocycles. The Kier molecular flexibility index (Phi) is 3.91. The van der Waals surface area contributed by atoms with Crippen LogP contribution in [0.2, 0.25) is 0 Å². The Balaban J connectivity index is 2.30. The van der Waals surface area contributed by atoms with E-state index in [0.717, 1.165) is 5.56 Å². The maximum Gasteiger partial charge on any atom is 0.254 e. The van der Waals surface area contributed by atoms with Gasteiger partial charge in [-0.25, -0.2) is 0 Å². The lowest BCUT2D eigenvalue weighted by Crippen LogP contribution is -2.46. The second-order valence-corrected chi connectivity index (χ2v) is 5.08. The summed E-state index contributed by atoms with van der Waals surface area (Å²) in [6.07, 6.45) is 3.09. The van der Waals surface area contributed by atoms with Crippen molar-refractivity contribution in [2.45, 2.75) is 26.0 Å². The van der Waals surface area contributed by atoms with Crippen LogP contribution in [0.5, 0.6) is 5.75 Å². The third kappa shape index (κ3) is 2.58. The summed E-state index contributed by atoms with van der Waals surface area (Å²) < 4.78 is 10.8. The molecule has 6 nitrogen and oxygen atoms in total. The van der Waals surface area contributed by atoms with Crippen molar-refractivity contribution in [1.29, 1.82) is 5.26 Å². The van der Waals surface area contributed by atoms with Crippen molar-refractivity contribution in [3.05, 3.63) is 23.5 Å². The number of pyridine rings is 1. The van der Waals surface area contributed by atoms with Crippen LogP contribution in [0.15, 0.2) is 12.4 Å². The van der Waals surface area contributed by atoms with Crippen LogP contribution >= 0.6 is 0 Å². The number of rotatable bonds is 2. The van der Waals surface area contributed by atoms with Crippen LogP contribution in [-0.2, 0) is 16.1 Å². The SMILES string of the molecule is COC(C)(C)C(=O)N1CCOc2c(C#N)cncc2C1. The Labute approximate surface area is 117 Å². The highest BCUT2D eigenvalue weighted by molar-refractivity contribution is 5.84. The number of nitrogens with zero attached hydrogens (tertiary/aromatic N) is 3. The van der Waals surface area contributed by atoms with Crippen LogP contribution in [0.4, 0.5) is 0 Å². The second-order valence-electron chi connectivity index (χ2n) is 5.08. The molecule has 1 aliphatic rings. The zero-order valence-electron chi connectivity index (χ0n) is 11.8. The highest BCUT2D eigenvalue weighted by Crippen LogP contribution is 2.27. The van der Waals surface area contributed by atoms with Crippen LogP contribution in [0.3, 0.4) is 0 Å². The lowest BCUT2D eigenvalue weighted by Gasteiger charge is -2.29. The van der Waals surface area contributed by atoms with Gasteiger partial charge in [0.25, 0.3) is 5.91 Å². The van der Waals surface area contributed by atoms with E-state index in [9.17, 15) is 4.79 Å². The number of hydrogen-bond acceptors (Lipinski definition) is 5. The van der Waals surface area contributed by atoms with E-state index in [1.54, 1.807) is 24.9 Å². The van der Waals surface area contributed by atoms with Gasteiger partial charge in [-0.05, 0) is 13.8 Å². The Hall–Kier alpha value is -2.13. The van der Waals surface area contributed by atoms with E-state index in [2.05, 4.69) is 11.1 Å². The molecule has 2 heterocycles. The van der Waals surface area contributed by atoms with Crippen LogP contribution in [0.1, 0.15) is 25.0 Å². The van der Waals surface area contributed by atoms with E-state index in [4.69, 9.17) is 14.7 Å². The smallest absolute Gasteiger partial charge is 0.254 e. The fourth-order valence-corrected chi connectivity index (χ4v) is 2.04.